The van der Waals surface area contributed by atoms with Crippen LogP contribution in [0.15, 0.2) is 58.3 Å². The van der Waals surface area contributed by atoms with Crippen molar-refractivity contribution < 1.29 is 35.8 Å². The molecule has 0 amide bonds. The lowest BCUT2D eigenvalue weighted by atomic mass is 10.0. The molecule has 10 heteroatoms. The Hall–Kier alpha value is -2.11. The van der Waals surface area contributed by atoms with E-state index < -0.39 is 41.9 Å². The summed E-state index contributed by atoms with van der Waals surface area (Å²) in [5.74, 6) is -0.909. The first-order chi connectivity index (χ1) is 11.0. The molecule has 2 aromatic carbocycles. The van der Waals surface area contributed by atoms with E-state index in [-0.39, 0.29) is 11.1 Å². The largest absolute Gasteiger partial charge is 0.380 e. The number of benzene rings is 2. The fourth-order valence-electron chi connectivity index (χ4n) is 1.96. The molecule has 1 atom stereocenters. The third-order valence-corrected chi connectivity index (χ3v) is 4.84. The number of hydrogen-bond acceptors (Lipinski definition) is 6. The number of carbonyl (C=O) groups excluding carboxylic acids is 1. The third-order valence-electron chi connectivity index (χ3n) is 3.14. The lowest BCUT2D eigenvalue weighted by Crippen LogP contribution is -2.13. The minimum absolute atomic E-state index is 0.104. The summed E-state index contributed by atoms with van der Waals surface area (Å²) in [6.07, 6.45) is -1.79. The Morgan fingerprint density at radius 1 is 0.833 bits per heavy atom. The summed E-state index contributed by atoms with van der Waals surface area (Å²) in [6, 6.07) is 8.88. The Morgan fingerprint density at radius 2 is 1.33 bits per heavy atom. The summed E-state index contributed by atoms with van der Waals surface area (Å²) in [6.45, 7) is 0. The topological polar surface area (TPSA) is 146 Å². The van der Waals surface area contributed by atoms with E-state index >= 15 is 0 Å². The van der Waals surface area contributed by atoms with Gasteiger partial charge in [-0.15, -0.1) is 0 Å². The Kier molecular flexibility index (Phi) is 4.87. The molecule has 1 unspecified atom stereocenters. The molecular formula is C14H12O8S2. The maximum absolute atomic E-state index is 12.2. The van der Waals surface area contributed by atoms with Crippen LogP contribution in [0.5, 0.6) is 0 Å². The lowest BCUT2D eigenvalue weighted by Gasteiger charge is -2.11. The Balaban J connectivity index is 2.41. The van der Waals surface area contributed by atoms with Gasteiger partial charge in [-0.25, -0.2) is 0 Å². The van der Waals surface area contributed by atoms with Gasteiger partial charge in [0.2, 0.25) is 0 Å². The molecule has 24 heavy (non-hydrogen) atoms. The van der Waals surface area contributed by atoms with E-state index in [4.69, 9.17) is 9.11 Å². The average Bonchev–Trinajstić information content (AvgIpc) is 2.52. The zero-order chi connectivity index (χ0) is 18.1. The first-order valence-corrected chi connectivity index (χ1v) is 9.25. The molecule has 8 nitrogen and oxygen atoms in total. The van der Waals surface area contributed by atoms with Crippen molar-refractivity contribution in [2.45, 2.75) is 15.9 Å². The third kappa shape index (κ3) is 4.04. The number of aliphatic hydroxyl groups is 1. The molecule has 2 aromatic rings. The van der Waals surface area contributed by atoms with Gasteiger partial charge < -0.3 is 5.11 Å². The van der Waals surface area contributed by atoms with Crippen LogP contribution in [0.3, 0.4) is 0 Å². The smallest absolute Gasteiger partial charge is 0.294 e. The Bertz CT molecular complexity index is 993. The molecule has 0 aromatic heterocycles. The molecule has 0 saturated heterocycles. The maximum Gasteiger partial charge on any atom is 0.294 e. The second-order valence-electron chi connectivity index (χ2n) is 4.82. The second-order valence-corrected chi connectivity index (χ2v) is 7.66. The Morgan fingerprint density at radius 3 is 1.88 bits per heavy atom. The number of hydrogen-bond donors (Lipinski definition) is 3. The highest BCUT2D eigenvalue weighted by Gasteiger charge is 2.22. The van der Waals surface area contributed by atoms with Gasteiger partial charge in [-0.1, -0.05) is 24.3 Å². The summed E-state index contributed by atoms with van der Waals surface area (Å²) in [7, 11) is -9.03. The highest BCUT2D eigenvalue weighted by molar-refractivity contribution is 7.86. The fourth-order valence-corrected chi connectivity index (χ4v) is 3.03. The van der Waals surface area contributed by atoms with Crippen molar-refractivity contribution in [2.24, 2.45) is 0 Å². The van der Waals surface area contributed by atoms with Gasteiger partial charge in [-0.2, -0.15) is 16.8 Å². The molecule has 0 heterocycles. The molecule has 0 spiro atoms. The van der Waals surface area contributed by atoms with Gasteiger partial charge in [0.1, 0.15) is 6.10 Å². The fraction of sp³-hybridized carbons (Fsp3) is 0.0714. The molecule has 0 radical (unpaired) electrons. The molecule has 3 N–H and O–H groups in total. The van der Waals surface area contributed by atoms with Gasteiger partial charge in [0, 0.05) is 5.56 Å². The molecule has 0 aliphatic rings. The normalized spacial score (nSPS) is 13.5. The lowest BCUT2D eigenvalue weighted by molar-refractivity contribution is 0.0746. The van der Waals surface area contributed by atoms with Gasteiger partial charge in [0.15, 0.2) is 5.78 Å². The Labute approximate surface area is 137 Å². The van der Waals surface area contributed by atoms with Crippen LogP contribution in [0.2, 0.25) is 0 Å². The number of aliphatic hydroxyl groups excluding tert-OH is 1. The zero-order valence-corrected chi connectivity index (χ0v) is 13.5. The van der Waals surface area contributed by atoms with E-state index in [2.05, 4.69) is 0 Å². The van der Waals surface area contributed by atoms with Crippen molar-refractivity contribution in [3.63, 3.8) is 0 Å². The van der Waals surface area contributed by atoms with Crippen LogP contribution < -0.4 is 0 Å². The number of Topliss-reactive ketones (excluding diaryl/α,β-unsaturated/α-hetero) is 1. The summed E-state index contributed by atoms with van der Waals surface area (Å²) in [5, 5.41) is 10.1. The molecule has 0 saturated carbocycles. The van der Waals surface area contributed by atoms with Gasteiger partial charge in [-0.3, -0.25) is 13.9 Å². The summed E-state index contributed by atoms with van der Waals surface area (Å²) >= 11 is 0. The minimum Gasteiger partial charge on any atom is -0.380 e. The monoisotopic (exact) mass is 372 g/mol. The van der Waals surface area contributed by atoms with E-state index in [1.165, 1.54) is 24.3 Å². The van der Waals surface area contributed by atoms with Gasteiger partial charge in [0.05, 0.1) is 9.79 Å². The molecule has 0 aliphatic carbocycles. The van der Waals surface area contributed by atoms with E-state index in [0.717, 1.165) is 24.3 Å². The van der Waals surface area contributed by atoms with Crippen LogP contribution in [0.4, 0.5) is 0 Å². The molecule has 128 valence electrons. The number of rotatable bonds is 5. The van der Waals surface area contributed by atoms with Crippen LogP contribution in [-0.4, -0.2) is 36.8 Å². The molecular weight excluding hydrogens is 360 g/mol. The molecule has 2 rings (SSSR count). The number of carbonyl (C=O) groups is 1. The van der Waals surface area contributed by atoms with Crippen LogP contribution >= 0.6 is 0 Å². The standard InChI is InChI=1S/C14H12O8S2/c15-13(9-3-1-5-11(7-9)23(17,18)19)14(16)10-4-2-6-12(8-10)24(20,21)22/h1-8,13,15H,(H,17,18,19)(H,20,21,22). The van der Waals surface area contributed by atoms with E-state index in [0.29, 0.717) is 0 Å². The van der Waals surface area contributed by atoms with Gasteiger partial charge >= 0.3 is 0 Å². The van der Waals surface area contributed by atoms with Gasteiger partial charge in [-0.05, 0) is 29.8 Å². The zero-order valence-electron chi connectivity index (χ0n) is 11.9. The first kappa shape index (κ1) is 18.2. The molecule has 0 fully saturated rings. The average molecular weight is 372 g/mol. The van der Waals surface area contributed by atoms with Crippen molar-refractivity contribution >= 4 is 26.0 Å². The van der Waals surface area contributed by atoms with E-state index in [1.54, 1.807) is 0 Å². The van der Waals surface area contributed by atoms with Gasteiger partial charge in [0.25, 0.3) is 20.2 Å². The predicted octanol–water partition coefficient (Wildman–Crippen LogP) is 1.10. The second kappa shape index (κ2) is 6.42. The van der Waals surface area contributed by atoms with Crippen LogP contribution in [0.1, 0.15) is 22.0 Å². The predicted molar refractivity (Wildman–Crippen MR) is 81.8 cm³/mol. The molecule has 0 aliphatic heterocycles. The SMILES string of the molecule is O=C(c1cccc(S(=O)(=O)O)c1)C(O)c1cccc(S(=O)(=O)O)c1. The first-order valence-electron chi connectivity index (χ1n) is 6.37. The summed E-state index contributed by atoms with van der Waals surface area (Å²) in [4.78, 5) is 11.2. The van der Waals surface area contributed by atoms with Crippen LogP contribution in [0.25, 0.3) is 0 Å². The number of ketones is 1. The van der Waals surface area contributed by atoms with Crippen molar-refractivity contribution in [2.75, 3.05) is 0 Å². The van der Waals surface area contributed by atoms with Crippen molar-refractivity contribution in [1.82, 2.24) is 0 Å². The maximum atomic E-state index is 12.2. The van der Waals surface area contributed by atoms with Crippen molar-refractivity contribution in [3.05, 3.63) is 59.7 Å². The quantitative estimate of drug-likeness (QED) is 0.522. The van der Waals surface area contributed by atoms with Crippen LogP contribution in [-0.2, 0) is 20.2 Å². The highest BCUT2D eigenvalue weighted by atomic mass is 32.2. The molecule has 0 bridgehead atoms. The van der Waals surface area contributed by atoms with E-state index in [9.17, 15) is 26.7 Å². The van der Waals surface area contributed by atoms with Crippen molar-refractivity contribution in [3.8, 4) is 0 Å². The van der Waals surface area contributed by atoms with E-state index in [1.807, 2.05) is 0 Å². The summed E-state index contributed by atoms with van der Waals surface area (Å²) in [5.41, 5.74) is -0.303. The minimum atomic E-state index is -4.52. The van der Waals surface area contributed by atoms with Crippen molar-refractivity contribution in [1.29, 1.82) is 0 Å². The summed E-state index contributed by atoms with van der Waals surface area (Å²) < 4.78 is 62.3. The van der Waals surface area contributed by atoms with Crippen LogP contribution in [0, 0.1) is 0 Å². The highest BCUT2D eigenvalue weighted by Crippen LogP contribution is 2.22.